The van der Waals surface area contributed by atoms with E-state index in [0.717, 1.165) is 18.5 Å². The number of nitrogens with zero attached hydrogens (tertiary/aromatic N) is 5. The van der Waals surface area contributed by atoms with Crippen LogP contribution in [-0.2, 0) is 28.3 Å². The molecular weight excluding hydrogens is 494 g/mol. The number of rotatable bonds is 7. The third kappa shape index (κ3) is 5.79. The number of pyridine rings is 1. The number of hydrogen-bond donors (Lipinski definition) is 1. The number of halogens is 6. The standard InChI is InChI=1S/C22H24F6N6O2/c1-13(32-18-10-31-30-9-17(18)22(26,27)28)12-36-5-2-19(35)33-3-4-34-16(11-33)7-14-6-15(21(23,24)25)8-29-20(14)34/h6,8-10,13,16H,2-5,7,11-12H2,1H3,(H,30,32)/t13-,16-/m0/s1. The summed E-state index contributed by atoms with van der Waals surface area (Å²) in [7, 11) is 0. The molecule has 0 saturated carbocycles. The number of alkyl halides is 6. The minimum absolute atomic E-state index is 0.0613. The van der Waals surface area contributed by atoms with Crippen LogP contribution in [0.15, 0.2) is 24.7 Å². The average Bonchev–Trinajstić information content (AvgIpc) is 3.18. The highest BCUT2D eigenvalue weighted by molar-refractivity contribution is 5.77. The number of carbonyl (C=O) groups is 1. The lowest BCUT2D eigenvalue weighted by Gasteiger charge is -2.38. The van der Waals surface area contributed by atoms with Crippen molar-refractivity contribution in [1.82, 2.24) is 20.1 Å². The maximum atomic E-state index is 13.1. The fraction of sp³-hybridized carbons (Fsp3) is 0.545. The van der Waals surface area contributed by atoms with Crippen LogP contribution in [0.5, 0.6) is 0 Å². The Bertz CT molecular complexity index is 1100. The van der Waals surface area contributed by atoms with Crippen LogP contribution in [0.1, 0.15) is 30.0 Å². The van der Waals surface area contributed by atoms with Crippen molar-refractivity contribution in [2.45, 2.75) is 44.2 Å². The largest absolute Gasteiger partial charge is 0.420 e. The third-order valence-corrected chi connectivity index (χ3v) is 6.10. The van der Waals surface area contributed by atoms with E-state index < -0.39 is 29.5 Å². The van der Waals surface area contributed by atoms with E-state index in [0.29, 0.717) is 43.6 Å². The minimum Gasteiger partial charge on any atom is -0.379 e. The number of carbonyl (C=O) groups excluding carboxylic acids is 1. The number of anilines is 2. The first-order valence-electron chi connectivity index (χ1n) is 11.3. The van der Waals surface area contributed by atoms with E-state index in [9.17, 15) is 31.1 Å². The molecule has 0 radical (unpaired) electrons. The van der Waals surface area contributed by atoms with Gasteiger partial charge >= 0.3 is 12.4 Å². The fourth-order valence-corrected chi connectivity index (χ4v) is 4.40. The Kier molecular flexibility index (Phi) is 7.25. The van der Waals surface area contributed by atoms with Gasteiger partial charge in [0.1, 0.15) is 11.4 Å². The molecule has 2 aromatic rings. The van der Waals surface area contributed by atoms with Gasteiger partial charge in [-0.2, -0.15) is 36.5 Å². The minimum atomic E-state index is -4.58. The van der Waals surface area contributed by atoms with Crippen molar-refractivity contribution in [2.24, 2.45) is 0 Å². The summed E-state index contributed by atoms with van der Waals surface area (Å²) in [4.78, 5) is 20.2. The van der Waals surface area contributed by atoms with Gasteiger partial charge in [0.25, 0.3) is 0 Å². The fourth-order valence-electron chi connectivity index (χ4n) is 4.40. The van der Waals surface area contributed by atoms with Crippen LogP contribution in [0.3, 0.4) is 0 Å². The van der Waals surface area contributed by atoms with E-state index >= 15 is 0 Å². The number of fused-ring (bicyclic) bond motifs is 3. The van der Waals surface area contributed by atoms with Gasteiger partial charge in [-0.1, -0.05) is 0 Å². The average molecular weight is 518 g/mol. The number of amides is 1. The molecule has 0 aromatic carbocycles. The summed E-state index contributed by atoms with van der Waals surface area (Å²) < 4.78 is 83.6. The zero-order valence-corrected chi connectivity index (χ0v) is 19.2. The summed E-state index contributed by atoms with van der Waals surface area (Å²) in [6, 6.07) is 0.492. The molecule has 0 aliphatic carbocycles. The SMILES string of the molecule is C[C@@H](COCCC(=O)N1CCN2c3ncc(C(F)(F)F)cc3C[C@H]2C1)Nc1cnncc1C(F)(F)F. The summed E-state index contributed by atoms with van der Waals surface area (Å²) in [6.45, 7) is 3.01. The lowest BCUT2D eigenvalue weighted by atomic mass is 10.1. The predicted molar refractivity (Wildman–Crippen MR) is 116 cm³/mol. The second kappa shape index (κ2) is 10.1. The molecule has 0 spiro atoms. The van der Waals surface area contributed by atoms with Crippen molar-refractivity contribution in [1.29, 1.82) is 0 Å². The molecule has 2 aromatic heterocycles. The molecule has 0 unspecified atom stereocenters. The van der Waals surface area contributed by atoms with Crippen LogP contribution in [-0.4, -0.2) is 70.9 Å². The van der Waals surface area contributed by atoms with Crippen LogP contribution in [0.4, 0.5) is 37.8 Å². The Morgan fingerprint density at radius 1 is 1.14 bits per heavy atom. The van der Waals surface area contributed by atoms with Crippen LogP contribution >= 0.6 is 0 Å². The van der Waals surface area contributed by atoms with Crippen molar-refractivity contribution < 1.29 is 35.9 Å². The van der Waals surface area contributed by atoms with E-state index in [4.69, 9.17) is 4.74 Å². The number of nitrogens with one attached hydrogen (secondary N) is 1. The van der Waals surface area contributed by atoms with Crippen molar-refractivity contribution in [3.63, 3.8) is 0 Å². The molecule has 8 nitrogen and oxygen atoms in total. The van der Waals surface area contributed by atoms with E-state index in [1.54, 1.807) is 11.8 Å². The molecule has 1 N–H and O–H groups in total. The first-order valence-corrected chi connectivity index (χ1v) is 11.3. The molecular formula is C22H24F6N6O2. The summed E-state index contributed by atoms with van der Waals surface area (Å²) in [5.74, 6) is 0.371. The van der Waals surface area contributed by atoms with Gasteiger partial charge < -0.3 is 19.9 Å². The lowest BCUT2D eigenvalue weighted by Crippen LogP contribution is -2.53. The van der Waals surface area contributed by atoms with Crippen LogP contribution in [0.25, 0.3) is 0 Å². The highest BCUT2D eigenvalue weighted by Gasteiger charge is 2.39. The van der Waals surface area contributed by atoms with Gasteiger partial charge in [-0.15, -0.1) is 0 Å². The Morgan fingerprint density at radius 3 is 2.61 bits per heavy atom. The van der Waals surface area contributed by atoms with Gasteiger partial charge in [0.05, 0.1) is 49.3 Å². The zero-order valence-electron chi connectivity index (χ0n) is 19.2. The molecule has 1 fully saturated rings. The summed E-state index contributed by atoms with van der Waals surface area (Å²) in [6.07, 6.45) is -6.12. The lowest BCUT2D eigenvalue weighted by molar-refractivity contribution is -0.138. The first-order chi connectivity index (χ1) is 16.9. The van der Waals surface area contributed by atoms with Crippen LogP contribution in [0, 0.1) is 0 Å². The summed E-state index contributed by atoms with van der Waals surface area (Å²) in [5.41, 5.74) is -1.41. The maximum absolute atomic E-state index is 13.1. The highest BCUT2D eigenvalue weighted by atomic mass is 19.4. The Labute approximate surface area is 202 Å². The second-order valence-corrected chi connectivity index (χ2v) is 8.78. The van der Waals surface area contributed by atoms with Crippen LogP contribution in [0.2, 0.25) is 0 Å². The molecule has 2 atom stereocenters. The Balaban J connectivity index is 1.22. The highest BCUT2D eigenvalue weighted by Crippen LogP contribution is 2.37. The third-order valence-electron chi connectivity index (χ3n) is 6.10. The number of piperazine rings is 1. The Morgan fingerprint density at radius 2 is 1.89 bits per heavy atom. The number of ether oxygens (including phenoxy) is 1. The van der Waals surface area contributed by atoms with Crippen molar-refractivity contribution in [3.8, 4) is 0 Å². The summed E-state index contributed by atoms with van der Waals surface area (Å²) >= 11 is 0. The topological polar surface area (TPSA) is 83.5 Å². The molecule has 2 aliphatic heterocycles. The molecule has 1 amide bonds. The van der Waals surface area contributed by atoms with Gasteiger partial charge in [-0.3, -0.25) is 4.79 Å². The molecule has 2 aliphatic rings. The van der Waals surface area contributed by atoms with E-state index in [2.05, 4.69) is 20.5 Å². The quantitative estimate of drug-likeness (QED) is 0.445. The zero-order chi connectivity index (χ0) is 26.1. The molecule has 0 bridgehead atoms. The van der Waals surface area contributed by atoms with E-state index in [-0.39, 0.29) is 37.3 Å². The molecule has 1 saturated heterocycles. The molecule has 36 heavy (non-hydrogen) atoms. The molecule has 4 heterocycles. The number of aromatic nitrogens is 3. The van der Waals surface area contributed by atoms with Gasteiger partial charge in [-0.25, -0.2) is 4.98 Å². The predicted octanol–water partition coefficient (Wildman–Crippen LogP) is 3.39. The normalized spacial score (nSPS) is 18.6. The van der Waals surface area contributed by atoms with Gasteiger partial charge in [-0.05, 0) is 25.0 Å². The van der Waals surface area contributed by atoms with Crippen molar-refractivity contribution in [2.75, 3.05) is 43.1 Å². The van der Waals surface area contributed by atoms with Gasteiger partial charge in [0.2, 0.25) is 5.91 Å². The van der Waals surface area contributed by atoms with E-state index in [1.165, 1.54) is 0 Å². The van der Waals surface area contributed by atoms with Crippen LogP contribution < -0.4 is 10.2 Å². The molecule has 14 heteroatoms. The van der Waals surface area contributed by atoms with Crippen molar-refractivity contribution in [3.05, 3.63) is 41.3 Å². The molecule has 196 valence electrons. The van der Waals surface area contributed by atoms with Gasteiger partial charge in [0, 0.05) is 31.9 Å². The van der Waals surface area contributed by atoms with Gasteiger partial charge in [0.15, 0.2) is 0 Å². The molecule has 4 rings (SSSR count). The Hall–Kier alpha value is -3.16. The number of hydrogen-bond acceptors (Lipinski definition) is 7. The summed E-state index contributed by atoms with van der Waals surface area (Å²) in [5, 5.41) is 9.43. The maximum Gasteiger partial charge on any atom is 0.420 e. The monoisotopic (exact) mass is 518 g/mol. The second-order valence-electron chi connectivity index (χ2n) is 8.78. The van der Waals surface area contributed by atoms with Crippen molar-refractivity contribution >= 4 is 17.4 Å². The van der Waals surface area contributed by atoms with E-state index in [1.807, 2.05) is 4.90 Å². The smallest absolute Gasteiger partial charge is 0.379 e. The first kappa shape index (κ1) is 25.9.